The second kappa shape index (κ2) is 5.50. The Bertz CT molecular complexity index is 566. The molecule has 0 aromatic heterocycles. The minimum absolute atomic E-state index is 0.0220. The van der Waals surface area contributed by atoms with E-state index in [1.807, 2.05) is 13.8 Å². The van der Waals surface area contributed by atoms with Crippen LogP contribution in [-0.2, 0) is 10.0 Å². The van der Waals surface area contributed by atoms with Crippen LogP contribution in [0.2, 0.25) is 0 Å². The highest BCUT2D eigenvalue weighted by Gasteiger charge is 2.35. The molecule has 0 aliphatic carbocycles. The fraction of sp³-hybridized carbons (Fsp3) is 0.538. The summed E-state index contributed by atoms with van der Waals surface area (Å²) in [5.74, 6) is -0.557. The van der Waals surface area contributed by atoms with Crippen molar-refractivity contribution in [3.8, 4) is 0 Å². The molecule has 1 heterocycles. The molecule has 1 saturated heterocycles. The zero-order chi connectivity index (χ0) is 14.2. The number of nitrogens with zero attached hydrogens (tertiary/aromatic N) is 1. The molecule has 0 N–H and O–H groups in total. The van der Waals surface area contributed by atoms with Gasteiger partial charge in [-0.2, -0.15) is 4.31 Å². The molecule has 2 atom stereocenters. The molecule has 0 bridgehead atoms. The van der Waals surface area contributed by atoms with Gasteiger partial charge in [-0.05, 0) is 60.8 Å². The first-order valence-electron chi connectivity index (χ1n) is 6.32. The van der Waals surface area contributed by atoms with Crippen molar-refractivity contribution in [1.29, 1.82) is 0 Å². The maximum Gasteiger partial charge on any atom is 0.243 e. The van der Waals surface area contributed by atoms with Crippen molar-refractivity contribution in [2.45, 2.75) is 50.1 Å². The molecule has 0 unspecified atom stereocenters. The lowest BCUT2D eigenvalue weighted by Gasteiger charge is -2.37. The highest BCUT2D eigenvalue weighted by Crippen LogP contribution is 2.30. The Kier molecular flexibility index (Phi) is 4.32. The number of rotatable bonds is 2. The topological polar surface area (TPSA) is 37.4 Å². The van der Waals surface area contributed by atoms with Gasteiger partial charge in [0.15, 0.2) is 0 Å². The number of piperidine rings is 1. The third kappa shape index (κ3) is 2.85. The first-order valence-corrected chi connectivity index (χ1v) is 8.56. The Morgan fingerprint density at radius 1 is 1.26 bits per heavy atom. The molecule has 106 valence electrons. The Balaban J connectivity index is 2.43. The van der Waals surface area contributed by atoms with Gasteiger partial charge in [0.2, 0.25) is 10.0 Å². The Morgan fingerprint density at radius 3 is 2.37 bits per heavy atom. The molecular weight excluding hydrogens is 333 g/mol. The first kappa shape index (κ1) is 14.9. The summed E-state index contributed by atoms with van der Waals surface area (Å²) in [4.78, 5) is 0.0220. The van der Waals surface area contributed by atoms with Crippen molar-refractivity contribution >= 4 is 26.0 Å². The van der Waals surface area contributed by atoms with E-state index in [-0.39, 0.29) is 21.5 Å². The van der Waals surface area contributed by atoms with Crippen LogP contribution >= 0.6 is 15.9 Å². The summed E-state index contributed by atoms with van der Waals surface area (Å²) in [6.07, 6.45) is 2.73. The molecule has 1 aromatic rings. The van der Waals surface area contributed by atoms with Gasteiger partial charge in [0.05, 0.1) is 9.37 Å². The molecule has 1 aliphatic rings. The van der Waals surface area contributed by atoms with Crippen molar-refractivity contribution in [3.05, 3.63) is 28.5 Å². The Labute approximate surface area is 122 Å². The van der Waals surface area contributed by atoms with Crippen molar-refractivity contribution < 1.29 is 12.8 Å². The molecular formula is C13H17BrFNO2S. The predicted octanol–water partition coefficient (Wildman–Crippen LogP) is 3.54. The van der Waals surface area contributed by atoms with Crippen LogP contribution in [0, 0.1) is 5.82 Å². The van der Waals surface area contributed by atoms with Crippen LogP contribution in [0.15, 0.2) is 27.6 Å². The molecule has 0 saturated carbocycles. The lowest BCUT2D eigenvalue weighted by molar-refractivity contribution is 0.204. The monoisotopic (exact) mass is 349 g/mol. The zero-order valence-electron chi connectivity index (χ0n) is 10.9. The fourth-order valence-corrected chi connectivity index (χ4v) is 4.77. The van der Waals surface area contributed by atoms with Crippen molar-refractivity contribution in [2.24, 2.45) is 0 Å². The summed E-state index contributed by atoms with van der Waals surface area (Å²) in [6.45, 7) is 3.81. The van der Waals surface area contributed by atoms with Crippen molar-refractivity contribution in [1.82, 2.24) is 4.31 Å². The number of hydrogen-bond acceptors (Lipinski definition) is 2. The van der Waals surface area contributed by atoms with Crippen LogP contribution in [0.1, 0.15) is 33.1 Å². The molecule has 0 spiro atoms. The number of halogens is 2. The van der Waals surface area contributed by atoms with Crippen LogP contribution in [0.5, 0.6) is 0 Å². The standard InChI is InChI=1S/C13H17BrFNO2S/c1-9-4-3-5-10(2)16(9)19(17,18)11-6-7-12(14)13(15)8-11/h6-10H,3-5H2,1-2H3/t9-,10+. The lowest BCUT2D eigenvalue weighted by Crippen LogP contribution is -2.47. The molecule has 0 amide bonds. The summed E-state index contributed by atoms with van der Waals surface area (Å²) >= 11 is 3.03. The van der Waals surface area contributed by atoms with E-state index in [0.29, 0.717) is 0 Å². The van der Waals surface area contributed by atoms with E-state index >= 15 is 0 Å². The van der Waals surface area contributed by atoms with E-state index in [9.17, 15) is 12.8 Å². The molecule has 3 nitrogen and oxygen atoms in total. The van der Waals surface area contributed by atoms with Gasteiger partial charge in [0.1, 0.15) is 5.82 Å². The summed E-state index contributed by atoms with van der Waals surface area (Å²) in [7, 11) is -3.63. The van der Waals surface area contributed by atoms with Crippen LogP contribution in [0.25, 0.3) is 0 Å². The molecule has 1 aromatic carbocycles. The Hall–Kier alpha value is -0.460. The maximum absolute atomic E-state index is 13.5. The normalized spacial score (nSPS) is 25.5. The summed E-state index contributed by atoms with van der Waals surface area (Å²) < 4.78 is 40.6. The molecule has 6 heteroatoms. The minimum atomic E-state index is -3.63. The van der Waals surface area contributed by atoms with Gasteiger partial charge in [-0.15, -0.1) is 0 Å². The Morgan fingerprint density at radius 2 is 1.84 bits per heavy atom. The third-order valence-corrected chi connectivity index (χ3v) is 6.35. The lowest BCUT2D eigenvalue weighted by atomic mass is 10.0. The third-order valence-electron chi connectivity index (χ3n) is 3.58. The van der Waals surface area contributed by atoms with Gasteiger partial charge in [0, 0.05) is 12.1 Å². The summed E-state index contributed by atoms with van der Waals surface area (Å²) in [6, 6.07) is 3.87. The van der Waals surface area contributed by atoms with Crippen LogP contribution in [0.4, 0.5) is 4.39 Å². The van der Waals surface area contributed by atoms with Gasteiger partial charge >= 0.3 is 0 Å². The molecule has 0 radical (unpaired) electrons. The van der Waals surface area contributed by atoms with Crippen molar-refractivity contribution in [2.75, 3.05) is 0 Å². The fourth-order valence-electron chi connectivity index (χ4n) is 2.63. The van der Waals surface area contributed by atoms with E-state index in [1.165, 1.54) is 16.4 Å². The van der Waals surface area contributed by atoms with E-state index in [0.717, 1.165) is 25.3 Å². The van der Waals surface area contributed by atoms with Crippen LogP contribution in [0.3, 0.4) is 0 Å². The van der Waals surface area contributed by atoms with Gasteiger partial charge in [-0.1, -0.05) is 6.42 Å². The second-order valence-electron chi connectivity index (χ2n) is 5.04. The number of sulfonamides is 1. The number of benzene rings is 1. The van der Waals surface area contributed by atoms with Gasteiger partial charge in [0.25, 0.3) is 0 Å². The molecule has 1 aliphatic heterocycles. The quantitative estimate of drug-likeness (QED) is 0.818. The smallest absolute Gasteiger partial charge is 0.207 e. The zero-order valence-corrected chi connectivity index (χ0v) is 13.3. The molecule has 2 rings (SSSR count). The van der Waals surface area contributed by atoms with Crippen molar-refractivity contribution in [3.63, 3.8) is 0 Å². The average molecular weight is 350 g/mol. The van der Waals surface area contributed by atoms with E-state index < -0.39 is 15.8 Å². The van der Waals surface area contributed by atoms with Gasteiger partial charge < -0.3 is 0 Å². The number of hydrogen-bond donors (Lipinski definition) is 0. The summed E-state index contributed by atoms with van der Waals surface area (Å²) in [5.41, 5.74) is 0. The largest absolute Gasteiger partial charge is 0.243 e. The van der Waals surface area contributed by atoms with E-state index in [4.69, 9.17) is 0 Å². The van der Waals surface area contributed by atoms with E-state index in [2.05, 4.69) is 15.9 Å². The molecule has 1 fully saturated rings. The highest BCUT2D eigenvalue weighted by atomic mass is 79.9. The second-order valence-corrected chi connectivity index (χ2v) is 7.74. The average Bonchev–Trinajstić information content (AvgIpc) is 2.32. The van der Waals surface area contributed by atoms with Gasteiger partial charge in [-0.25, -0.2) is 12.8 Å². The predicted molar refractivity (Wildman–Crippen MR) is 75.9 cm³/mol. The minimum Gasteiger partial charge on any atom is -0.207 e. The SMILES string of the molecule is C[C@@H]1CCC[C@H](C)N1S(=O)(=O)c1ccc(Br)c(F)c1. The van der Waals surface area contributed by atoms with Crippen LogP contribution in [-0.4, -0.2) is 24.8 Å². The van der Waals surface area contributed by atoms with E-state index in [1.54, 1.807) is 0 Å². The molecule has 19 heavy (non-hydrogen) atoms. The first-order chi connectivity index (χ1) is 8.84. The summed E-state index contributed by atoms with van der Waals surface area (Å²) in [5, 5.41) is 0. The van der Waals surface area contributed by atoms with Crippen LogP contribution < -0.4 is 0 Å². The van der Waals surface area contributed by atoms with Gasteiger partial charge in [-0.3, -0.25) is 0 Å². The highest BCUT2D eigenvalue weighted by molar-refractivity contribution is 9.10. The maximum atomic E-state index is 13.5.